The lowest BCUT2D eigenvalue weighted by atomic mass is 9.93. The number of hydrogen-bond acceptors (Lipinski definition) is 3. The summed E-state index contributed by atoms with van der Waals surface area (Å²) < 4.78 is 6.32. The minimum Gasteiger partial charge on any atom is -0.496 e. The molecule has 17 heavy (non-hydrogen) atoms. The van der Waals surface area contributed by atoms with Crippen LogP contribution in [0.3, 0.4) is 0 Å². The van der Waals surface area contributed by atoms with Gasteiger partial charge in [-0.3, -0.25) is 0 Å². The Bertz CT molecular complexity index is 380. The van der Waals surface area contributed by atoms with Crippen LogP contribution in [0, 0.1) is 0 Å². The number of aliphatic hydroxyl groups excluding tert-OH is 1. The molecule has 0 amide bonds. The molecule has 1 atom stereocenters. The van der Waals surface area contributed by atoms with Gasteiger partial charge in [-0.1, -0.05) is 29.8 Å². The maximum Gasteiger partial charge on any atom is 0.123 e. The van der Waals surface area contributed by atoms with Gasteiger partial charge in [0.1, 0.15) is 5.75 Å². The van der Waals surface area contributed by atoms with Crippen LogP contribution in [0.15, 0.2) is 16.6 Å². The van der Waals surface area contributed by atoms with Crippen molar-refractivity contribution in [2.24, 2.45) is 0 Å². The van der Waals surface area contributed by atoms with Crippen molar-refractivity contribution >= 4 is 15.9 Å². The average Bonchev–Trinajstić information content (AvgIpc) is 2.27. The summed E-state index contributed by atoms with van der Waals surface area (Å²) in [7, 11) is 3.48. The number of likely N-dealkylation sites (N-methyl/N-ethyl adjacent to an activating group) is 1. The lowest BCUT2D eigenvalue weighted by Crippen LogP contribution is -2.18. The van der Waals surface area contributed by atoms with Gasteiger partial charge in [0.2, 0.25) is 0 Å². The van der Waals surface area contributed by atoms with Gasteiger partial charge in [0, 0.05) is 16.6 Å². The second kappa shape index (κ2) is 6.38. The van der Waals surface area contributed by atoms with E-state index in [4.69, 9.17) is 4.74 Å². The van der Waals surface area contributed by atoms with E-state index in [0.29, 0.717) is 12.5 Å². The van der Waals surface area contributed by atoms with Gasteiger partial charge in [0.25, 0.3) is 0 Å². The van der Waals surface area contributed by atoms with E-state index in [-0.39, 0.29) is 0 Å². The Morgan fingerprint density at radius 1 is 1.41 bits per heavy atom. The average molecular weight is 302 g/mol. The maximum atomic E-state index is 10.2. The molecule has 0 aliphatic carbocycles. The van der Waals surface area contributed by atoms with E-state index in [0.717, 1.165) is 21.3 Å². The molecule has 3 nitrogen and oxygen atoms in total. The van der Waals surface area contributed by atoms with E-state index in [1.54, 1.807) is 7.11 Å². The SMILES string of the molecule is CNCC(O)c1cc(Br)cc(OC)c1C(C)C. The number of nitrogens with one attached hydrogen (secondary N) is 1. The third kappa shape index (κ3) is 3.44. The van der Waals surface area contributed by atoms with E-state index >= 15 is 0 Å². The molecule has 1 rings (SSSR count). The number of ether oxygens (including phenoxy) is 1. The van der Waals surface area contributed by atoms with Crippen LogP contribution in [0.5, 0.6) is 5.75 Å². The molecule has 1 aromatic rings. The van der Waals surface area contributed by atoms with E-state index in [1.165, 1.54) is 0 Å². The first-order valence-electron chi connectivity index (χ1n) is 5.71. The number of benzene rings is 1. The normalized spacial score (nSPS) is 12.9. The summed E-state index contributed by atoms with van der Waals surface area (Å²) in [6, 6.07) is 3.89. The number of methoxy groups -OCH3 is 1. The fourth-order valence-electron chi connectivity index (χ4n) is 1.98. The summed E-state index contributed by atoms with van der Waals surface area (Å²) in [5.74, 6) is 1.12. The van der Waals surface area contributed by atoms with Gasteiger partial charge in [-0.15, -0.1) is 0 Å². The third-order valence-electron chi connectivity index (χ3n) is 2.69. The number of rotatable bonds is 5. The van der Waals surface area contributed by atoms with Crippen molar-refractivity contribution < 1.29 is 9.84 Å². The molecule has 1 unspecified atom stereocenters. The van der Waals surface area contributed by atoms with Gasteiger partial charge in [-0.05, 0) is 30.7 Å². The Labute approximate surface area is 111 Å². The van der Waals surface area contributed by atoms with E-state index < -0.39 is 6.10 Å². The first kappa shape index (κ1) is 14.5. The predicted molar refractivity (Wildman–Crippen MR) is 73.7 cm³/mol. The molecular formula is C13H20BrNO2. The van der Waals surface area contributed by atoms with Gasteiger partial charge >= 0.3 is 0 Å². The molecule has 4 heteroatoms. The van der Waals surface area contributed by atoms with Gasteiger partial charge < -0.3 is 15.2 Å². The van der Waals surface area contributed by atoms with Crippen LogP contribution in [0.25, 0.3) is 0 Å². The molecule has 0 aliphatic rings. The first-order chi connectivity index (χ1) is 8.01. The molecule has 0 radical (unpaired) electrons. The van der Waals surface area contributed by atoms with E-state index in [9.17, 15) is 5.11 Å². The Kier molecular flexibility index (Phi) is 5.43. The molecule has 0 saturated heterocycles. The molecule has 0 heterocycles. The molecule has 0 aliphatic heterocycles. The van der Waals surface area contributed by atoms with Crippen LogP contribution in [-0.4, -0.2) is 25.8 Å². The Morgan fingerprint density at radius 2 is 2.06 bits per heavy atom. The van der Waals surface area contributed by atoms with Gasteiger partial charge in [0.05, 0.1) is 13.2 Å². The van der Waals surface area contributed by atoms with E-state index in [2.05, 4.69) is 35.1 Å². The Balaban J connectivity index is 3.29. The summed E-state index contributed by atoms with van der Waals surface area (Å²) in [5.41, 5.74) is 1.99. The lowest BCUT2D eigenvalue weighted by molar-refractivity contribution is 0.175. The molecule has 0 saturated carbocycles. The summed E-state index contributed by atoms with van der Waals surface area (Å²) in [4.78, 5) is 0. The van der Waals surface area contributed by atoms with Gasteiger partial charge in [-0.2, -0.15) is 0 Å². The minimum atomic E-state index is -0.524. The van der Waals surface area contributed by atoms with Crippen molar-refractivity contribution in [1.82, 2.24) is 5.32 Å². The van der Waals surface area contributed by atoms with Crippen LogP contribution in [0.2, 0.25) is 0 Å². The highest BCUT2D eigenvalue weighted by Gasteiger charge is 2.19. The molecule has 2 N–H and O–H groups in total. The van der Waals surface area contributed by atoms with Crippen molar-refractivity contribution in [1.29, 1.82) is 0 Å². The quantitative estimate of drug-likeness (QED) is 0.879. The van der Waals surface area contributed by atoms with Crippen molar-refractivity contribution in [2.45, 2.75) is 25.9 Å². The molecule has 1 aromatic carbocycles. The zero-order chi connectivity index (χ0) is 13.0. The summed E-state index contributed by atoms with van der Waals surface area (Å²) >= 11 is 3.44. The van der Waals surface area contributed by atoms with E-state index in [1.807, 2.05) is 19.2 Å². The molecular weight excluding hydrogens is 282 g/mol. The van der Waals surface area contributed by atoms with Crippen molar-refractivity contribution in [3.63, 3.8) is 0 Å². The molecule has 0 spiro atoms. The highest BCUT2D eigenvalue weighted by molar-refractivity contribution is 9.10. The fraction of sp³-hybridized carbons (Fsp3) is 0.538. The zero-order valence-corrected chi connectivity index (χ0v) is 12.3. The highest BCUT2D eigenvalue weighted by Crippen LogP contribution is 2.36. The summed E-state index contributed by atoms with van der Waals surface area (Å²) in [6.45, 7) is 4.72. The monoisotopic (exact) mass is 301 g/mol. The Morgan fingerprint density at radius 3 is 2.53 bits per heavy atom. The van der Waals surface area contributed by atoms with Crippen LogP contribution < -0.4 is 10.1 Å². The van der Waals surface area contributed by atoms with Gasteiger partial charge in [-0.25, -0.2) is 0 Å². The second-order valence-electron chi connectivity index (χ2n) is 4.34. The topological polar surface area (TPSA) is 41.5 Å². The van der Waals surface area contributed by atoms with Crippen LogP contribution in [0.4, 0.5) is 0 Å². The van der Waals surface area contributed by atoms with Gasteiger partial charge in [0.15, 0.2) is 0 Å². The summed E-state index contributed by atoms with van der Waals surface area (Å²) in [5, 5.41) is 13.1. The number of hydrogen-bond donors (Lipinski definition) is 2. The highest BCUT2D eigenvalue weighted by atomic mass is 79.9. The van der Waals surface area contributed by atoms with Crippen molar-refractivity contribution in [3.05, 3.63) is 27.7 Å². The predicted octanol–water partition coefficient (Wildman–Crippen LogP) is 2.83. The first-order valence-corrected chi connectivity index (χ1v) is 6.50. The van der Waals surface area contributed by atoms with Crippen LogP contribution in [0.1, 0.15) is 37.0 Å². The maximum absolute atomic E-state index is 10.2. The fourth-order valence-corrected chi connectivity index (χ4v) is 2.43. The standard InChI is InChI=1S/C13H20BrNO2/c1-8(2)13-10(11(16)7-15-3)5-9(14)6-12(13)17-4/h5-6,8,11,15-16H,7H2,1-4H3. The number of halogens is 1. The summed E-state index contributed by atoms with van der Waals surface area (Å²) in [6.07, 6.45) is -0.524. The lowest BCUT2D eigenvalue weighted by Gasteiger charge is -2.21. The Hall–Kier alpha value is -0.580. The van der Waals surface area contributed by atoms with Crippen molar-refractivity contribution in [2.75, 3.05) is 20.7 Å². The van der Waals surface area contributed by atoms with Crippen LogP contribution in [-0.2, 0) is 0 Å². The third-order valence-corrected chi connectivity index (χ3v) is 3.15. The molecule has 96 valence electrons. The molecule has 0 aromatic heterocycles. The number of aliphatic hydroxyl groups is 1. The van der Waals surface area contributed by atoms with Crippen molar-refractivity contribution in [3.8, 4) is 5.75 Å². The second-order valence-corrected chi connectivity index (χ2v) is 5.25. The minimum absolute atomic E-state index is 0.305. The largest absolute Gasteiger partial charge is 0.496 e. The van der Waals surface area contributed by atoms with Crippen LogP contribution >= 0.6 is 15.9 Å². The molecule has 0 bridgehead atoms. The zero-order valence-electron chi connectivity index (χ0n) is 10.7. The molecule has 0 fully saturated rings. The smallest absolute Gasteiger partial charge is 0.123 e.